The number of hydrogen-bond donors (Lipinski definition) is 2. The first-order valence-electron chi connectivity index (χ1n) is 10.6. The van der Waals surface area contributed by atoms with Gasteiger partial charge in [-0.2, -0.15) is 10.2 Å². The summed E-state index contributed by atoms with van der Waals surface area (Å²) >= 11 is 0. The van der Waals surface area contributed by atoms with Crippen molar-refractivity contribution < 1.29 is 9.47 Å². The number of nitrogens with zero attached hydrogens (tertiary/aromatic N) is 4. The van der Waals surface area contributed by atoms with Gasteiger partial charge in [-0.3, -0.25) is 5.41 Å². The molecular formula is C24H28N6O2. The molecule has 4 rings (SSSR count). The minimum atomic E-state index is -0.289. The van der Waals surface area contributed by atoms with Crippen molar-refractivity contribution in [3.05, 3.63) is 64.6 Å². The third kappa shape index (κ3) is 4.08. The molecular weight excluding hydrogens is 404 g/mol. The fourth-order valence-corrected chi connectivity index (χ4v) is 3.94. The lowest BCUT2D eigenvalue weighted by atomic mass is 10.0. The summed E-state index contributed by atoms with van der Waals surface area (Å²) in [6.07, 6.45) is 4.35. The van der Waals surface area contributed by atoms with Crippen molar-refractivity contribution >= 4 is 17.2 Å². The highest BCUT2D eigenvalue weighted by Crippen LogP contribution is 2.37. The molecule has 1 atom stereocenters. The summed E-state index contributed by atoms with van der Waals surface area (Å²) in [6.45, 7) is 7.90. The highest BCUT2D eigenvalue weighted by molar-refractivity contribution is 6.14. The van der Waals surface area contributed by atoms with E-state index in [9.17, 15) is 0 Å². The van der Waals surface area contributed by atoms with E-state index in [0.717, 1.165) is 35.7 Å². The Labute approximate surface area is 187 Å². The van der Waals surface area contributed by atoms with E-state index in [1.807, 2.05) is 32.9 Å². The quantitative estimate of drug-likeness (QED) is 0.431. The molecule has 0 saturated carbocycles. The summed E-state index contributed by atoms with van der Waals surface area (Å²) in [4.78, 5) is 6.72. The zero-order chi connectivity index (χ0) is 22.8. The molecule has 0 bridgehead atoms. The smallest absolute Gasteiger partial charge is 0.162 e. The molecule has 0 unspecified atom stereocenters. The number of rotatable bonds is 7. The zero-order valence-corrected chi connectivity index (χ0v) is 18.8. The number of methoxy groups -OCH3 is 1. The fraction of sp³-hybridized carbons (Fsp3) is 0.333. The number of aromatic nitrogens is 3. The maximum absolute atomic E-state index is 8.74. The van der Waals surface area contributed by atoms with Crippen LogP contribution in [0.3, 0.4) is 0 Å². The van der Waals surface area contributed by atoms with Crippen molar-refractivity contribution in [1.29, 1.82) is 5.41 Å². The van der Waals surface area contributed by atoms with Gasteiger partial charge in [-0.25, -0.2) is 4.98 Å². The second kappa shape index (κ2) is 8.82. The van der Waals surface area contributed by atoms with Gasteiger partial charge in [-0.05, 0) is 51.0 Å². The van der Waals surface area contributed by atoms with Crippen LogP contribution in [0.2, 0.25) is 0 Å². The molecule has 1 saturated heterocycles. The molecule has 1 fully saturated rings. The van der Waals surface area contributed by atoms with Gasteiger partial charge < -0.3 is 20.1 Å². The largest absolute Gasteiger partial charge is 0.493 e. The summed E-state index contributed by atoms with van der Waals surface area (Å²) < 4.78 is 11.8. The van der Waals surface area contributed by atoms with Crippen LogP contribution in [-0.2, 0) is 0 Å². The number of nitrogen functional groups attached to an aromatic ring is 1. The van der Waals surface area contributed by atoms with Gasteiger partial charge in [0, 0.05) is 47.7 Å². The highest BCUT2D eigenvalue weighted by atomic mass is 16.5. The number of aryl methyl sites for hydroxylation is 2. The Balaban J connectivity index is 1.63. The van der Waals surface area contributed by atoms with Crippen LogP contribution in [0.25, 0.3) is 0 Å². The maximum Gasteiger partial charge on any atom is 0.162 e. The standard InChI is InChI=1S/C24H28N6O2/c1-14-12-28-29-15(2)23(14)16(3)32-21-10-18(19(25)11-20(21)31-4)24(26)17-6-7-22(27-13-17)30-8-5-9-30/h6-7,10-13,16,26H,5,8-9,25H2,1-4H3/t16-/m1/s1. The predicted molar refractivity (Wildman–Crippen MR) is 125 cm³/mol. The number of benzene rings is 1. The second-order valence-electron chi connectivity index (χ2n) is 8.00. The van der Waals surface area contributed by atoms with E-state index in [-0.39, 0.29) is 11.8 Å². The van der Waals surface area contributed by atoms with Crippen LogP contribution in [-0.4, -0.2) is 41.1 Å². The molecule has 8 heteroatoms. The average Bonchev–Trinajstić information content (AvgIpc) is 2.73. The Bertz CT molecular complexity index is 1120. The lowest BCUT2D eigenvalue weighted by molar-refractivity contribution is 0.214. The van der Waals surface area contributed by atoms with E-state index < -0.39 is 0 Å². The molecule has 1 aromatic carbocycles. The molecule has 0 amide bonds. The monoisotopic (exact) mass is 432 g/mol. The fourth-order valence-electron chi connectivity index (χ4n) is 3.94. The number of hydrogen-bond acceptors (Lipinski definition) is 8. The predicted octanol–water partition coefficient (Wildman–Crippen LogP) is 3.85. The van der Waals surface area contributed by atoms with Gasteiger partial charge in [-0.15, -0.1) is 0 Å². The zero-order valence-electron chi connectivity index (χ0n) is 18.8. The van der Waals surface area contributed by atoms with Crippen molar-refractivity contribution in [2.45, 2.75) is 33.3 Å². The number of pyridine rings is 1. The first-order chi connectivity index (χ1) is 15.4. The van der Waals surface area contributed by atoms with E-state index in [1.54, 1.807) is 31.6 Å². The summed E-state index contributed by atoms with van der Waals surface area (Å²) in [6, 6.07) is 7.31. The Morgan fingerprint density at radius 1 is 1.16 bits per heavy atom. The van der Waals surface area contributed by atoms with E-state index >= 15 is 0 Å². The summed E-state index contributed by atoms with van der Waals surface area (Å²) in [5, 5.41) is 16.9. The minimum Gasteiger partial charge on any atom is -0.493 e. The molecule has 166 valence electrons. The molecule has 3 aromatic rings. The third-order valence-corrected chi connectivity index (χ3v) is 5.81. The van der Waals surface area contributed by atoms with Gasteiger partial charge in [0.15, 0.2) is 11.5 Å². The lowest BCUT2D eigenvalue weighted by Gasteiger charge is -2.31. The number of anilines is 2. The number of nitrogens with two attached hydrogens (primary N) is 1. The molecule has 3 N–H and O–H groups in total. The molecule has 0 aliphatic carbocycles. The normalized spacial score (nSPS) is 13.9. The van der Waals surface area contributed by atoms with Crippen molar-refractivity contribution in [3.63, 3.8) is 0 Å². The van der Waals surface area contributed by atoms with Gasteiger partial charge in [0.25, 0.3) is 0 Å². The SMILES string of the molecule is COc1cc(N)c(C(=N)c2ccc(N3CCC3)nc2)cc1O[C@H](C)c1c(C)cnnc1C. The van der Waals surface area contributed by atoms with Gasteiger partial charge >= 0.3 is 0 Å². The van der Waals surface area contributed by atoms with Crippen molar-refractivity contribution in [1.82, 2.24) is 15.2 Å². The van der Waals surface area contributed by atoms with Crippen LogP contribution in [0.5, 0.6) is 11.5 Å². The van der Waals surface area contributed by atoms with Crippen molar-refractivity contribution in [3.8, 4) is 11.5 Å². The third-order valence-electron chi connectivity index (χ3n) is 5.81. The Morgan fingerprint density at radius 3 is 2.53 bits per heavy atom. The van der Waals surface area contributed by atoms with E-state index in [4.69, 9.17) is 20.6 Å². The lowest BCUT2D eigenvalue weighted by Crippen LogP contribution is -2.37. The Morgan fingerprint density at radius 2 is 1.94 bits per heavy atom. The van der Waals surface area contributed by atoms with E-state index in [0.29, 0.717) is 28.3 Å². The van der Waals surface area contributed by atoms with Crippen LogP contribution in [0.15, 0.2) is 36.7 Å². The molecule has 1 aliphatic heterocycles. The maximum atomic E-state index is 8.74. The summed E-state index contributed by atoms with van der Waals surface area (Å²) in [5.41, 5.74) is 11.0. The minimum absolute atomic E-state index is 0.281. The van der Waals surface area contributed by atoms with Gasteiger partial charge in [0.05, 0.1) is 24.7 Å². The molecule has 0 spiro atoms. The van der Waals surface area contributed by atoms with Gasteiger partial charge in [0.1, 0.15) is 11.9 Å². The van der Waals surface area contributed by atoms with Crippen molar-refractivity contribution in [2.24, 2.45) is 0 Å². The van der Waals surface area contributed by atoms with Gasteiger partial charge in [0.2, 0.25) is 0 Å². The first kappa shape index (κ1) is 21.5. The molecule has 8 nitrogen and oxygen atoms in total. The van der Waals surface area contributed by atoms with E-state index in [2.05, 4.69) is 20.1 Å². The molecule has 2 aromatic heterocycles. The van der Waals surface area contributed by atoms with Gasteiger partial charge in [-0.1, -0.05) is 0 Å². The topological polar surface area (TPSA) is 110 Å². The molecule has 1 aliphatic rings. The van der Waals surface area contributed by atoms with Crippen LogP contribution >= 0.6 is 0 Å². The van der Waals surface area contributed by atoms with Crippen LogP contribution < -0.4 is 20.1 Å². The molecule has 0 radical (unpaired) electrons. The Hall–Kier alpha value is -3.68. The van der Waals surface area contributed by atoms with Crippen LogP contribution in [0.4, 0.5) is 11.5 Å². The average molecular weight is 433 g/mol. The summed E-state index contributed by atoms with van der Waals surface area (Å²) in [7, 11) is 1.57. The van der Waals surface area contributed by atoms with Crippen molar-refractivity contribution in [2.75, 3.05) is 30.8 Å². The Kier molecular flexibility index (Phi) is 5.94. The van der Waals surface area contributed by atoms with E-state index in [1.165, 1.54) is 6.42 Å². The number of ether oxygens (including phenoxy) is 2. The number of nitrogens with one attached hydrogen (secondary N) is 1. The molecule has 3 heterocycles. The summed E-state index contributed by atoms with van der Waals surface area (Å²) in [5.74, 6) is 1.95. The van der Waals surface area contributed by atoms with Crippen LogP contribution in [0, 0.1) is 19.3 Å². The van der Waals surface area contributed by atoms with Crippen LogP contribution in [0.1, 0.15) is 47.4 Å². The first-order valence-corrected chi connectivity index (χ1v) is 10.6. The second-order valence-corrected chi connectivity index (χ2v) is 8.00. The highest BCUT2D eigenvalue weighted by Gasteiger charge is 2.20. The molecule has 32 heavy (non-hydrogen) atoms.